The Hall–Kier alpha value is -1.60. The molecular formula is C11H12NO2P. The Labute approximate surface area is 89.2 Å². The Bertz CT molecular complexity index is 467. The molecule has 0 aliphatic heterocycles. The molecule has 0 fully saturated rings. The molecule has 0 saturated heterocycles. The highest BCUT2D eigenvalue weighted by molar-refractivity contribution is 7.51. The number of hydrogen-bond acceptors (Lipinski definition) is 2. The minimum absolute atomic E-state index is 0.244. The maximum Gasteiger partial charge on any atom is 0.250 e. The van der Waals surface area contributed by atoms with Crippen LogP contribution in [0.2, 0.25) is 0 Å². The van der Waals surface area contributed by atoms with Gasteiger partial charge in [0.15, 0.2) is 0 Å². The Kier molecular flexibility index (Phi) is 3.64. The van der Waals surface area contributed by atoms with Crippen LogP contribution in [0.5, 0.6) is 0 Å². The van der Waals surface area contributed by atoms with Crippen LogP contribution in [-0.4, -0.2) is 12.2 Å². The monoisotopic (exact) mass is 221 g/mol. The molecule has 1 N–H and O–H groups in total. The highest BCUT2D eigenvalue weighted by Gasteiger charge is 2.03. The molecule has 0 spiro atoms. The number of benzene rings is 1. The van der Waals surface area contributed by atoms with Crippen molar-refractivity contribution in [1.29, 1.82) is 0 Å². The van der Waals surface area contributed by atoms with Gasteiger partial charge in [0.05, 0.1) is 0 Å². The summed E-state index contributed by atoms with van der Waals surface area (Å²) >= 11 is 0. The lowest BCUT2D eigenvalue weighted by atomic mass is 10.3. The third kappa shape index (κ3) is 3.22. The van der Waals surface area contributed by atoms with Crippen LogP contribution in [0.15, 0.2) is 36.4 Å². The smallest absolute Gasteiger partial charge is 0.250 e. The van der Waals surface area contributed by atoms with E-state index in [1.165, 1.54) is 0 Å². The predicted molar refractivity (Wildman–Crippen MR) is 64.2 cm³/mol. The maximum atomic E-state index is 11.3. The molecule has 0 aromatic heterocycles. The van der Waals surface area contributed by atoms with Gasteiger partial charge in [-0.1, -0.05) is 12.6 Å². The normalized spacial score (nSPS) is 10.6. The van der Waals surface area contributed by atoms with Crippen molar-refractivity contribution in [1.82, 2.24) is 0 Å². The molecular weight excluding hydrogens is 209 g/mol. The first kappa shape index (κ1) is 11.5. The fraction of sp³-hybridized carbons (Fsp3) is 0.0909. The van der Waals surface area contributed by atoms with Crippen molar-refractivity contribution in [3.05, 3.63) is 36.4 Å². The number of hydrogen-bond donors (Lipinski definition) is 1. The fourth-order valence-electron chi connectivity index (χ4n) is 0.977. The van der Waals surface area contributed by atoms with Gasteiger partial charge in [-0.2, -0.15) is 0 Å². The Morgan fingerprint density at radius 3 is 2.67 bits per heavy atom. The average Bonchev–Trinajstić information content (AvgIpc) is 2.18. The summed E-state index contributed by atoms with van der Waals surface area (Å²) in [5.41, 5.74) is 1.03. The summed E-state index contributed by atoms with van der Waals surface area (Å²) in [6, 6.07) is 6.81. The molecule has 4 heteroatoms. The first-order valence-electron chi connectivity index (χ1n) is 4.35. The molecule has 1 aromatic carbocycles. The first-order chi connectivity index (χ1) is 7.00. The molecule has 0 saturated carbocycles. The number of rotatable bonds is 3. The molecule has 1 amide bonds. The van der Waals surface area contributed by atoms with E-state index in [-0.39, 0.29) is 5.91 Å². The lowest BCUT2D eigenvalue weighted by Gasteiger charge is -2.04. The summed E-state index contributed by atoms with van der Waals surface area (Å²) < 4.78 is 11.1. The van der Waals surface area contributed by atoms with Gasteiger partial charge in [0.25, 0.3) is 5.91 Å². The average molecular weight is 221 g/mol. The minimum Gasteiger partial charge on any atom is -0.322 e. The summed E-state index contributed by atoms with van der Waals surface area (Å²) in [4.78, 5) is 11.3. The zero-order chi connectivity index (χ0) is 11.4. The molecule has 1 aromatic rings. The number of carbonyl (C=O) groups is 1. The van der Waals surface area contributed by atoms with E-state index in [2.05, 4.69) is 18.2 Å². The van der Waals surface area contributed by atoms with E-state index in [1.807, 2.05) is 0 Å². The summed E-state index contributed by atoms with van der Waals surface area (Å²) in [5.74, 6) is -0.244. The molecule has 0 heterocycles. The predicted octanol–water partition coefficient (Wildman–Crippen LogP) is 2.09. The lowest BCUT2D eigenvalue weighted by Crippen LogP contribution is -2.12. The van der Waals surface area contributed by atoms with Crippen molar-refractivity contribution < 1.29 is 9.36 Å². The standard InChI is InChI=1S/C11H12NO2P/c1-8(2)11(13)12-9-5-4-6-10(7-9)15(3)14/h4-7H,1,3H2,2H3,(H,12,13). The van der Waals surface area contributed by atoms with E-state index < -0.39 is 7.42 Å². The van der Waals surface area contributed by atoms with E-state index in [9.17, 15) is 9.36 Å². The summed E-state index contributed by atoms with van der Waals surface area (Å²) in [7, 11) is -1.63. The topological polar surface area (TPSA) is 46.2 Å². The molecule has 3 nitrogen and oxygen atoms in total. The first-order valence-corrected chi connectivity index (χ1v) is 5.80. The highest BCUT2D eigenvalue weighted by Crippen LogP contribution is 2.11. The zero-order valence-corrected chi connectivity index (χ0v) is 9.38. The van der Waals surface area contributed by atoms with Gasteiger partial charge in [0.1, 0.15) is 7.42 Å². The minimum atomic E-state index is -1.63. The van der Waals surface area contributed by atoms with Crippen molar-refractivity contribution in [2.24, 2.45) is 0 Å². The molecule has 1 unspecified atom stereocenters. The Morgan fingerprint density at radius 1 is 1.47 bits per heavy atom. The van der Waals surface area contributed by atoms with E-state index in [4.69, 9.17) is 0 Å². The molecule has 0 aliphatic carbocycles. The largest absolute Gasteiger partial charge is 0.322 e. The van der Waals surface area contributed by atoms with Gasteiger partial charge in [-0.05, 0) is 31.4 Å². The molecule has 1 rings (SSSR count). The molecule has 78 valence electrons. The van der Waals surface area contributed by atoms with Gasteiger partial charge >= 0.3 is 0 Å². The quantitative estimate of drug-likeness (QED) is 0.627. The maximum absolute atomic E-state index is 11.3. The molecule has 15 heavy (non-hydrogen) atoms. The highest BCUT2D eigenvalue weighted by atomic mass is 31.1. The van der Waals surface area contributed by atoms with Crippen LogP contribution in [0.25, 0.3) is 0 Å². The molecule has 0 aliphatic rings. The van der Waals surface area contributed by atoms with E-state index in [1.54, 1.807) is 31.2 Å². The van der Waals surface area contributed by atoms with Gasteiger partial charge in [0.2, 0.25) is 0 Å². The number of carbonyl (C=O) groups excluding carboxylic acids is 1. The van der Waals surface area contributed by atoms with Crippen molar-refractivity contribution >= 4 is 30.6 Å². The van der Waals surface area contributed by atoms with Crippen LogP contribution in [-0.2, 0) is 9.36 Å². The second-order valence-corrected chi connectivity index (χ2v) is 4.44. The number of anilines is 1. The van der Waals surface area contributed by atoms with Crippen molar-refractivity contribution in [2.45, 2.75) is 6.92 Å². The fourth-order valence-corrected chi connectivity index (χ4v) is 1.51. The van der Waals surface area contributed by atoms with Gasteiger partial charge in [-0.15, -0.1) is 0 Å². The van der Waals surface area contributed by atoms with Crippen LogP contribution in [0.1, 0.15) is 6.92 Å². The molecule has 1 atom stereocenters. The molecule has 0 radical (unpaired) electrons. The summed E-state index contributed by atoms with van der Waals surface area (Å²) in [6.45, 7) is 5.15. The van der Waals surface area contributed by atoms with Crippen LogP contribution in [0.4, 0.5) is 5.69 Å². The van der Waals surface area contributed by atoms with Crippen molar-refractivity contribution in [3.8, 4) is 0 Å². The molecule has 0 bridgehead atoms. The van der Waals surface area contributed by atoms with E-state index >= 15 is 0 Å². The van der Waals surface area contributed by atoms with Crippen LogP contribution in [0, 0.1) is 0 Å². The second kappa shape index (κ2) is 4.76. The van der Waals surface area contributed by atoms with Gasteiger partial charge in [-0.3, -0.25) is 9.36 Å². The Morgan fingerprint density at radius 2 is 2.13 bits per heavy atom. The zero-order valence-electron chi connectivity index (χ0n) is 8.49. The lowest BCUT2D eigenvalue weighted by molar-refractivity contribution is -0.112. The second-order valence-electron chi connectivity index (χ2n) is 3.16. The Balaban J connectivity index is 2.92. The number of amides is 1. The van der Waals surface area contributed by atoms with Gasteiger partial charge < -0.3 is 5.32 Å². The van der Waals surface area contributed by atoms with Crippen LogP contribution in [0.3, 0.4) is 0 Å². The van der Waals surface area contributed by atoms with E-state index in [0.717, 1.165) is 0 Å². The van der Waals surface area contributed by atoms with Crippen LogP contribution < -0.4 is 10.6 Å². The van der Waals surface area contributed by atoms with Crippen LogP contribution >= 0.6 is 7.42 Å². The number of nitrogens with one attached hydrogen (secondary N) is 1. The van der Waals surface area contributed by atoms with Gasteiger partial charge in [0, 0.05) is 16.6 Å². The van der Waals surface area contributed by atoms with E-state index in [0.29, 0.717) is 16.6 Å². The van der Waals surface area contributed by atoms with Crippen molar-refractivity contribution in [2.75, 3.05) is 5.32 Å². The third-order valence-electron chi connectivity index (χ3n) is 1.78. The summed E-state index contributed by atoms with van der Waals surface area (Å²) in [6.07, 6.45) is 3.44. The third-order valence-corrected chi connectivity index (χ3v) is 2.63. The summed E-state index contributed by atoms with van der Waals surface area (Å²) in [5, 5.41) is 3.26. The van der Waals surface area contributed by atoms with Crippen molar-refractivity contribution in [3.63, 3.8) is 0 Å². The SMILES string of the molecule is C=C(C)C(=O)Nc1cccc(P(=C)=O)c1. The van der Waals surface area contributed by atoms with Gasteiger partial charge in [-0.25, -0.2) is 0 Å².